The highest BCUT2D eigenvalue weighted by molar-refractivity contribution is 6.19. The molecule has 1 aromatic rings. The van der Waals surface area contributed by atoms with Crippen molar-refractivity contribution < 1.29 is 0 Å². The van der Waals surface area contributed by atoms with Crippen molar-refractivity contribution in [1.29, 1.82) is 0 Å². The van der Waals surface area contributed by atoms with Crippen LogP contribution in [0.25, 0.3) is 0 Å². The third kappa shape index (κ3) is 2.93. The minimum absolute atomic E-state index is 0.397. The predicted molar refractivity (Wildman–Crippen MR) is 70.1 cm³/mol. The van der Waals surface area contributed by atoms with Gasteiger partial charge in [-0.25, -0.2) is 0 Å². The predicted octanol–water partition coefficient (Wildman–Crippen LogP) is 3.27. The molecular weight excluding hydrogens is 218 g/mol. The van der Waals surface area contributed by atoms with Crippen LogP contribution in [0, 0.1) is 11.8 Å². The first-order chi connectivity index (χ1) is 7.90. The highest BCUT2D eigenvalue weighted by Crippen LogP contribution is 2.20. The molecule has 0 N–H and O–H groups in total. The van der Waals surface area contributed by atoms with Gasteiger partial charge in [0.2, 0.25) is 0 Å². The van der Waals surface area contributed by atoms with Crippen LogP contribution in [0.4, 0.5) is 5.69 Å². The average Bonchev–Trinajstić information content (AvgIpc) is 2.38. The van der Waals surface area contributed by atoms with E-state index >= 15 is 0 Å². The van der Waals surface area contributed by atoms with Crippen molar-refractivity contribution in [3.8, 4) is 11.8 Å². The second kappa shape index (κ2) is 5.82. The molecular formula is C14H16ClN. The van der Waals surface area contributed by atoms with E-state index in [-0.39, 0.29) is 0 Å². The number of hydrogen-bond donors (Lipinski definition) is 0. The molecule has 2 rings (SSSR count). The first-order valence-electron chi connectivity index (χ1n) is 5.80. The monoisotopic (exact) mass is 233 g/mol. The van der Waals surface area contributed by atoms with Crippen LogP contribution < -0.4 is 4.90 Å². The van der Waals surface area contributed by atoms with E-state index in [0.29, 0.717) is 5.88 Å². The molecule has 0 radical (unpaired) electrons. The highest BCUT2D eigenvalue weighted by atomic mass is 35.5. The molecule has 1 fully saturated rings. The van der Waals surface area contributed by atoms with Gasteiger partial charge in [0.25, 0.3) is 0 Å². The van der Waals surface area contributed by atoms with Crippen LogP contribution in [0.3, 0.4) is 0 Å². The molecule has 84 valence electrons. The van der Waals surface area contributed by atoms with E-state index in [1.54, 1.807) is 0 Å². The molecule has 2 heteroatoms. The number of rotatable bonds is 1. The molecule has 0 unspecified atom stereocenters. The number of nitrogens with zero attached hydrogens (tertiary/aromatic N) is 1. The van der Waals surface area contributed by atoms with Crippen molar-refractivity contribution in [2.24, 2.45) is 0 Å². The van der Waals surface area contributed by atoms with Crippen molar-refractivity contribution >= 4 is 17.3 Å². The number of benzene rings is 1. The lowest BCUT2D eigenvalue weighted by Crippen LogP contribution is -2.29. The van der Waals surface area contributed by atoms with Crippen molar-refractivity contribution in [3.05, 3.63) is 29.8 Å². The maximum atomic E-state index is 5.56. The maximum absolute atomic E-state index is 5.56. The van der Waals surface area contributed by atoms with E-state index in [4.69, 9.17) is 11.6 Å². The van der Waals surface area contributed by atoms with Gasteiger partial charge in [0.1, 0.15) is 0 Å². The fourth-order valence-electron chi connectivity index (χ4n) is 2.07. The Morgan fingerprint density at radius 3 is 2.75 bits per heavy atom. The molecule has 1 aliphatic heterocycles. The number of alkyl halides is 1. The van der Waals surface area contributed by atoms with Crippen LogP contribution in [0.15, 0.2) is 24.3 Å². The molecule has 0 amide bonds. The molecule has 0 saturated carbocycles. The van der Waals surface area contributed by atoms with Crippen molar-refractivity contribution in [1.82, 2.24) is 0 Å². The molecule has 0 bridgehead atoms. The summed E-state index contributed by atoms with van der Waals surface area (Å²) in [4.78, 5) is 2.44. The maximum Gasteiger partial charge on any atom is 0.0839 e. The quantitative estimate of drug-likeness (QED) is 0.532. The Morgan fingerprint density at radius 2 is 2.00 bits per heavy atom. The lowest BCUT2D eigenvalue weighted by molar-refractivity contribution is 0.578. The summed E-state index contributed by atoms with van der Waals surface area (Å²) in [7, 11) is 0. The van der Waals surface area contributed by atoms with Gasteiger partial charge in [-0.1, -0.05) is 17.9 Å². The van der Waals surface area contributed by atoms with Crippen molar-refractivity contribution in [2.75, 3.05) is 23.9 Å². The second-order valence-electron chi connectivity index (χ2n) is 4.03. The van der Waals surface area contributed by atoms with Gasteiger partial charge in [0.05, 0.1) is 5.88 Å². The minimum atomic E-state index is 0.397. The van der Waals surface area contributed by atoms with Gasteiger partial charge >= 0.3 is 0 Å². The van der Waals surface area contributed by atoms with Gasteiger partial charge in [0, 0.05) is 24.3 Å². The first kappa shape index (κ1) is 11.4. The summed E-state index contributed by atoms with van der Waals surface area (Å²) in [5, 5.41) is 0. The lowest BCUT2D eigenvalue weighted by atomic mass is 10.1. The average molecular weight is 234 g/mol. The van der Waals surface area contributed by atoms with E-state index in [0.717, 1.165) is 5.56 Å². The van der Waals surface area contributed by atoms with Gasteiger partial charge < -0.3 is 4.90 Å². The van der Waals surface area contributed by atoms with Gasteiger partial charge in [-0.3, -0.25) is 0 Å². The van der Waals surface area contributed by atoms with Gasteiger partial charge in [-0.05, 0) is 37.5 Å². The van der Waals surface area contributed by atoms with E-state index in [1.807, 2.05) is 6.07 Å². The molecule has 1 nitrogen and oxygen atoms in total. The van der Waals surface area contributed by atoms with Gasteiger partial charge in [-0.2, -0.15) is 0 Å². The summed E-state index contributed by atoms with van der Waals surface area (Å²) in [5.74, 6) is 6.35. The van der Waals surface area contributed by atoms with Gasteiger partial charge in [0.15, 0.2) is 0 Å². The van der Waals surface area contributed by atoms with E-state index in [9.17, 15) is 0 Å². The standard InChI is InChI=1S/C14H16ClN/c15-9-5-7-13-6-4-8-14(12-13)16-10-2-1-3-11-16/h4,6,8,12H,1-3,9-11H2. The largest absolute Gasteiger partial charge is 0.372 e. The molecule has 0 aromatic heterocycles. The zero-order valence-corrected chi connectivity index (χ0v) is 10.1. The van der Waals surface area contributed by atoms with Crippen molar-refractivity contribution in [3.63, 3.8) is 0 Å². The van der Waals surface area contributed by atoms with Crippen LogP contribution in [-0.2, 0) is 0 Å². The molecule has 0 spiro atoms. The Kier molecular flexibility index (Phi) is 4.13. The molecule has 1 saturated heterocycles. The fourth-order valence-corrected chi connectivity index (χ4v) is 2.13. The minimum Gasteiger partial charge on any atom is -0.372 e. The normalized spacial score (nSPS) is 15.4. The van der Waals surface area contributed by atoms with Crippen molar-refractivity contribution in [2.45, 2.75) is 19.3 Å². The van der Waals surface area contributed by atoms with Crippen LogP contribution in [0.2, 0.25) is 0 Å². The number of anilines is 1. The topological polar surface area (TPSA) is 3.24 Å². The Hall–Kier alpha value is -1.13. The summed E-state index contributed by atoms with van der Waals surface area (Å²) in [6.45, 7) is 2.35. The van der Waals surface area contributed by atoms with E-state index < -0.39 is 0 Å². The Labute approximate surface area is 102 Å². The van der Waals surface area contributed by atoms with Crippen LogP contribution in [0.1, 0.15) is 24.8 Å². The fraction of sp³-hybridized carbons (Fsp3) is 0.429. The summed E-state index contributed by atoms with van der Waals surface area (Å²) in [5.41, 5.74) is 2.35. The van der Waals surface area contributed by atoms with Crippen LogP contribution in [-0.4, -0.2) is 19.0 Å². The zero-order chi connectivity index (χ0) is 11.2. The molecule has 0 aliphatic carbocycles. The third-order valence-corrected chi connectivity index (χ3v) is 3.00. The Bertz CT molecular complexity index is 397. The molecule has 1 heterocycles. The second-order valence-corrected chi connectivity index (χ2v) is 4.30. The molecule has 1 aromatic carbocycles. The van der Waals surface area contributed by atoms with Gasteiger partial charge in [-0.15, -0.1) is 11.6 Å². The summed E-state index contributed by atoms with van der Waals surface area (Å²) < 4.78 is 0. The van der Waals surface area contributed by atoms with Crippen LogP contribution in [0.5, 0.6) is 0 Å². The van der Waals surface area contributed by atoms with Crippen LogP contribution >= 0.6 is 11.6 Å². The third-order valence-electron chi connectivity index (χ3n) is 2.87. The highest BCUT2D eigenvalue weighted by Gasteiger charge is 2.10. The number of hydrogen-bond acceptors (Lipinski definition) is 1. The molecule has 1 aliphatic rings. The molecule has 0 atom stereocenters. The zero-order valence-electron chi connectivity index (χ0n) is 9.38. The first-order valence-corrected chi connectivity index (χ1v) is 6.33. The lowest BCUT2D eigenvalue weighted by Gasteiger charge is -2.28. The number of halogens is 1. The Morgan fingerprint density at radius 1 is 1.19 bits per heavy atom. The summed E-state index contributed by atoms with van der Waals surface area (Å²) >= 11 is 5.56. The van der Waals surface area contributed by atoms with E-state index in [2.05, 4.69) is 34.9 Å². The molecule has 16 heavy (non-hydrogen) atoms. The number of piperidine rings is 1. The van der Waals surface area contributed by atoms with E-state index in [1.165, 1.54) is 38.0 Å². The summed E-state index contributed by atoms with van der Waals surface area (Å²) in [6.07, 6.45) is 3.97. The SMILES string of the molecule is ClCC#Cc1cccc(N2CCCCC2)c1. The summed E-state index contributed by atoms with van der Waals surface area (Å²) in [6, 6.07) is 8.43. The smallest absolute Gasteiger partial charge is 0.0839 e. The Balaban J connectivity index is 2.14.